The van der Waals surface area contributed by atoms with Crippen molar-refractivity contribution in [2.45, 2.75) is 26.8 Å². The van der Waals surface area contributed by atoms with Crippen LogP contribution in [-0.4, -0.2) is 28.5 Å². The van der Waals surface area contributed by atoms with Gasteiger partial charge in [0.15, 0.2) is 5.78 Å². The highest BCUT2D eigenvalue weighted by Gasteiger charge is 2.19. The molecule has 0 amide bonds. The fourth-order valence-electron chi connectivity index (χ4n) is 3.21. The zero-order valence-electron chi connectivity index (χ0n) is 15.1. The smallest absolute Gasteiger partial charge is 0.307 e. The lowest BCUT2D eigenvalue weighted by Crippen LogP contribution is -2.12. The average Bonchev–Trinajstić information content (AvgIpc) is 2.87. The van der Waals surface area contributed by atoms with E-state index in [-0.39, 0.29) is 18.7 Å². The van der Waals surface area contributed by atoms with Gasteiger partial charge in [-0.15, -0.1) is 0 Å². The molecule has 0 saturated heterocycles. The van der Waals surface area contributed by atoms with Crippen LogP contribution in [0.3, 0.4) is 0 Å². The molecule has 1 heterocycles. The number of nitrogens with zero attached hydrogens (tertiary/aromatic N) is 1. The summed E-state index contributed by atoms with van der Waals surface area (Å²) >= 11 is 0. The molecular formula is C21H21NO4. The van der Waals surface area contributed by atoms with Crippen LogP contribution in [0.25, 0.3) is 10.9 Å². The number of rotatable bonds is 6. The van der Waals surface area contributed by atoms with E-state index in [1.54, 1.807) is 7.11 Å². The molecule has 0 saturated carbocycles. The number of carboxylic acids is 1. The summed E-state index contributed by atoms with van der Waals surface area (Å²) in [7, 11) is 1.57. The normalized spacial score (nSPS) is 10.9. The molecule has 26 heavy (non-hydrogen) atoms. The van der Waals surface area contributed by atoms with Gasteiger partial charge >= 0.3 is 5.97 Å². The minimum Gasteiger partial charge on any atom is -0.497 e. The van der Waals surface area contributed by atoms with E-state index in [9.17, 15) is 14.7 Å². The Hall–Kier alpha value is -3.08. The van der Waals surface area contributed by atoms with Crippen LogP contribution in [0.4, 0.5) is 0 Å². The number of benzene rings is 2. The van der Waals surface area contributed by atoms with Gasteiger partial charge in [0.25, 0.3) is 0 Å². The standard InChI is InChI=1S/C21H21NO4/c1-13-4-6-15(7-5-13)20(23)12-22-14(2)17(11-21(24)25)18-10-16(26-3)8-9-19(18)22/h4-10H,11-12H2,1-3H3,(H,24,25). The molecule has 0 fully saturated rings. The lowest BCUT2D eigenvalue weighted by molar-refractivity contribution is -0.136. The predicted molar refractivity (Wildman–Crippen MR) is 100 cm³/mol. The second-order valence-electron chi connectivity index (χ2n) is 6.39. The number of carbonyl (C=O) groups excluding carboxylic acids is 1. The van der Waals surface area contributed by atoms with Crippen LogP contribution >= 0.6 is 0 Å². The maximum absolute atomic E-state index is 12.7. The lowest BCUT2D eigenvalue weighted by Gasteiger charge is -2.09. The van der Waals surface area contributed by atoms with Crippen molar-refractivity contribution in [3.05, 3.63) is 64.8 Å². The van der Waals surface area contributed by atoms with Crippen LogP contribution in [-0.2, 0) is 17.8 Å². The Morgan fingerprint density at radius 3 is 2.38 bits per heavy atom. The molecule has 3 rings (SSSR count). The van der Waals surface area contributed by atoms with Crippen molar-refractivity contribution in [1.82, 2.24) is 4.57 Å². The molecule has 0 aliphatic heterocycles. The fourth-order valence-corrected chi connectivity index (χ4v) is 3.21. The lowest BCUT2D eigenvalue weighted by atomic mass is 10.1. The third-order valence-corrected chi connectivity index (χ3v) is 4.66. The van der Waals surface area contributed by atoms with Gasteiger partial charge in [-0.05, 0) is 37.6 Å². The van der Waals surface area contributed by atoms with Gasteiger partial charge < -0.3 is 14.4 Å². The second kappa shape index (κ2) is 7.04. The Kier molecular flexibility index (Phi) is 4.80. The van der Waals surface area contributed by atoms with Crippen molar-refractivity contribution in [1.29, 1.82) is 0 Å². The zero-order valence-corrected chi connectivity index (χ0v) is 15.1. The number of carbonyl (C=O) groups is 2. The first-order chi connectivity index (χ1) is 12.4. The van der Waals surface area contributed by atoms with Gasteiger partial charge in [0.2, 0.25) is 0 Å². The molecule has 0 atom stereocenters. The number of hydrogen-bond acceptors (Lipinski definition) is 3. The minimum absolute atomic E-state index is 0.0114. The number of ether oxygens (including phenoxy) is 1. The van der Waals surface area contributed by atoms with Crippen molar-refractivity contribution in [2.24, 2.45) is 0 Å². The van der Waals surface area contributed by atoms with Gasteiger partial charge in [0, 0.05) is 22.2 Å². The second-order valence-corrected chi connectivity index (χ2v) is 6.39. The van der Waals surface area contributed by atoms with Crippen LogP contribution in [0.1, 0.15) is 27.2 Å². The van der Waals surface area contributed by atoms with Gasteiger partial charge in [-0.3, -0.25) is 9.59 Å². The van der Waals surface area contributed by atoms with Gasteiger partial charge in [0.05, 0.1) is 20.1 Å². The molecule has 5 nitrogen and oxygen atoms in total. The number of aryl methyl sites for hydroxylation is 1. The highest BCUT2D eigenvalue weighted by atomic mass is 16.5. The Morgan fingerprint density at radius 2 is 1.77 bits per heavy atom. The topological polar surface area (TPSA) is 68.5 Å². The maximum atomic E-state index is 12.7. The van der Waals surface area contributed by atoms with Gasteiger partial charge in [-0.25, -0.2) is 0 Å². The summed E-state index contributed by atoms with van der Waals surface area (Å²) in [5.41, 5.74) is 4.07. The van der Waals surface area contributed by atoms with E-state index in [1.807, 2.05) is 60.9 Å². The Morgan fingerprint density at radius 1 is 1.08 bits per heavy atom. The predicted octanol–water partition coefficient (Wildman–Crippen LogP) is 3.78. The number of aliphatic carboxylic acids is 1. The molecule has 3 aromatic rings. The Labute approximate surface area is 151 Å². The third kappa shape index (κ3) is 3.33. The van der Waals surface area contributed by atoms with Crippen LogP contribution in [0.15, 0.2) is 42.5 Å². The van der Waals surface area contributed by atoms with E-state index in [0.29, 0.717) is 16.9 Å². The summed E-state index contributed by atoms with van der Waals surface area (Å²) in [4.78, 5) is 24.0. The quantitative estimate of drug-likeness (QED) is 0.686. The molecule has 134 valence electrons. The molecule has 0 aliphatic carbocycles. The fraction of sp³-hybridized carbons (Fsp3) is 0.238. The number of ketones is 1. The summed E-state index contributed by atoms with van der Waals surface area (Å²) in [6.07, 6.45) is -0.0960. The van der Waals surface area contributed by atoms with Crippen molar-refractivity contribution >= 4 is 22.7 Å². The zero-order chi connectivity index (χ0) is 18.8. The largest absolute Gasteiger partial charge is 0.497 e. The molecule has 0 unspecified atom stereocenters. The Bertz CT molecular complexity index is 983. The van der Waals surface area contributed by atoms with E-state index in [1.165, 1.54) is 0 Å². The molecule has 2 aromatic carbocycles. The van der Waals surface area contributed by atoms with Crippen LogP contribution in [0, 0.1) is 13.8 Å². The minimum atomic E-state index is -0.903. The SMILES string of the molecule is COc1ccc2c(c1)c(CC(=O)O)c(C)n2CC(=O)c1ccc(C)cc1. The number of fused-ring (bicyclic) bond motifs is 1. The summed E-state index contributed by atoms with van der Waals surface area (Å²) in [5.74, 6) is -0.256. The first-order valence-electron chi connectivity index (χ1n) is 8.38. The summed E-state index contributed by atoms with van der Waals surface area (Å²) < 4.78 is 7.15. The molecule has 0 aliphatic rings. The Balaban J connectivity index is 2.07. The summed E-state index contributed by atoms with van der Waals surface area (Å²) in [5, 5.41) is 10.1. The number of Topliss-reactive ketones (excluding diaryl/α,β-unsaturated/α-hetero) is 1. The molecule has 5 heteroatoms. The molecule has 1 aromatic heterocycles. The monoisotopic (exact) mass is 351 g/mol. The first kappa shape index (κ1) is 17.7. The molecule has 0 spiro atoms. The van der Waals surface area contributed by atoms with Crippen LogP contribution in [0.2, 0.25) is 0 Å². The summed E-state index contributed by atoms with van der Waals surface area (Å²) in [6, 6.07) is 13.0. The number of carboxylic acid groups (broad SMARTS) is 1. The van der Waals surface area contributed by atoms with Crippen LogP contribution in [0.5, 0.6) is 5.75 Å². The highest BCUT2D eigenvalue weighted by molar-refractivity contribution is 5.98. The van der Waals surface area contributed by atoms with Gasteiger partial charge in [0.1, 0.15) is 5.75 Å². The van der Waals surface area contributed by atoms with E-state index in [2.05, 4.69) is 0 Å². The van der Waals surface area contributed by atoms with Crippen molar-refractivity contribution in [2.75, 3.05) is 7.11 Å². The van der Waals surface area contributed by atoms with Crippen molar-refractivity contribution < 1.29 is 19.4 Å². The average molecular weight is 351 g/mol. The van der Waals surface area contributed by atoms with Crippen molar-refractivity contribution in [3.8, 4) is 5.75 Å². The van der Waals surface area contributed by atoms with E-state index in [4.69, 9.17) is 4.74 Å². The number of hydrogen-bond donors (Lipinski definition) is 1. The molecule has 1 N–H and O–H groups in total. The molecule has 0 bridgehead atoms. The van der Waals surface area contributed by atoms with Crippen LogP contribution < -0.4 is 4.74 Å². The van der Waals surface area contributed by atoms with E-state index in [0.717, 1.165) is 22.2 Å². The van der Waals surface area contributed by atoms with Gasteiger partial charge in [-0.1, -0.05) is 29.8 Å². The number of methoxy groups -OCH3 is 1. The maximum Gasteiger partial charge on any atom is 0.307 e. The summed E-state index contributed by atoms with van der Waals surface area (Å²) in [6.45, 7) is 3.99. The van der Waals surface area contributed by atoms with E-state index < -0.39 is 5.97 Å². The van der Waals surface area contributed by atoms with E-state index >= 15 is 0 Å². The molecule has 0 radical (unpaired) electrons. The number of aromatic nitrogens is 1. The first-order valence-corrected chi connectivity index (χ1v) is 8.38. The third-order valence-electron chi connectivity index (χ3n) is 4.66. The van der Waals surface area contributed by atoms with Crippen molar-refractivity contribution in [3.63, 3.8) is 0 Å². The van der Waals surface area contributed by atoms with Gasteiger partial charge in [-0.2, -0.15) is 0 Å². The highest BCUT2D eigenvalue weighted by Crippen LogP contribution is 2.30. The molecular weight excluding hydrogens is 330 g/mol.